The molecule has 1 aliphatic rings. The molecule has 0 aliphatic carbocycles. The number of carbonyl (C=O) groups is 3. The summed E-state index contributed by atoms with van der Waals surface area (Å²) in [7, 11) is 0. The van der Waals surface area contributed by atoms with Crippen molar-refractivity contribution in [2.75, 3.05) is 0 Å². The van der Waals surface area contributed by atoms with Gasteiger partial charge in [-0.3, -0.25) is 29.4 Å². The van der Waals surface area contributed by atoms with Gasteiger partial charge in [0.05, 0.1) is 16.9 Å². The molecule has 0 unspecified atom stereocenters. The lowest BCUT2D eigenvalue weighted by atomic mass is 9.87. The van der Waals surface area contributed by atoms with Gasteiger partial charge in [-0.2, -0.15) is 0 Å². The largest absolute Gasteiger partial charge is 0.477 e. The number of likely N-dealkylation sites (tertiary alicyclic amines) is 1. The smallest absolute Gasteiger partial charge is 0.269 e. The van der Waals surface area contributed by atoms with E-state index < -0.39 is 45.4 Å². The standard InChI is InChI=1S/C33H30ClFN2O8S2/c1-18(38)25-29(34)36(30(25)40)26(32(46)44-17-19-5-11-22(12-6-19)37(42)43)27(28(39)33(2,3)4)45-23-13-7-20(8-14-23)31(41)47-24-15-9-21(35)10-16-24/h5-16,18,25,29,38H,17H2,1-4H3/t18-,25-,29-/m1/s1. The van der Waals surface area contributed by atoms with E-state index in [4.69, 9.17) is 33.3 Å². The number of rotatable bonds is 11. The lowest BCUT2D eigenvalue weighted by Gasteiger charge is -2.46. The third kappa shape index (κ3) is 8.41. The number of benzene rings is 3. The number of nitro groups is 1. The molecule has 0 saturated carbocycles. The summed E-state index contributed by atoms with van der Waals surface area (Å²) in [6.45, 7) is 6.16. The molecular formula is C33H30ClFN2O8S2. The number of aliphatic hydroxyl groups excluding tert-OH is 1. The lowest BCUT2D eigenvalue weighted by molar-refractivity contribution is -0.384. The van der Waals surface area contributed by atoms with Gasteiger partial charge in [0.1, 0.15) is 29.4 Å². The number of thiocarbonyl (C=S) groups is 1. The minimum Gasteiger partial charge on any atom is -0.477 e. The summed E-state index contributed by atoms with van der Waals surface area (Å²) in [5.41, 5.74) is -1.68. The summed E-state index contributed by atoms with van der Waals surface area (Å²) >= 11 is 13.1. The van der Waals surface area contributed by atoms with Crippen LogP contribution >= 0.6 is 35.6 Å². The number of thioether (sulfide) groups is 1. The zero-order chi connectivity index (χ0) is 34.6. The van der Waals surface area contributed by atoms with E-state index in [-0.39, 0.29) is 39.7 Å². The minimum absolute atomic E-state index is 0.120. The first-order valence-electron chi connectivity index (χ1n) is 14.2. The maximum absolute atomic E-state index is 13.9. The fourth-order valence-electron chi connectivity index (χ4n) is 4.37. The number of nitro benzene ring substituents is 1. The summed E-state index contributed by atoms with van der Waals surface area (Å²) in [6.07, 6.45) is -1.10. The number of amides is 1. The quantitative estimate of drug-likeness (QED) is 0.0261. The zero-order valence-corrected chi connectivity index (χ0v) is 28.0. The van der Waals surface area contributed by atoms with E-state index >= 15 is 0 Å². The molecule has 14 heteroatoms. The van der Waals surface area contributed by atoms with Crippen LogP contribution in [0.4, 0.5) is 10.1 Å². The molecule has 10 nitrogen and oxygen atoms in total. The van der Waals surface area contributed by atoms with Crippen LogP contribution in [0.1, 0.15) is 43.6 Å². The minimum atomic E-state index is -1.10. The van der Waals surface area contributed by atoms with E-state index in [1.54, 1.807) is 20.8 Å². The van der Waals surface area contributed by atoms with Crippen molar-refractivity contribution in [2.24, 2.45) is 11.3 Å². The number of allylic oxidation sites excluding steroid dienone is 1. The number of β-lactam (4-membered cyclic amide) rings is 1. The van der Waals surface area contributed by atoms with Gasteiger partial charge in [0, 0.05) is 28.0 Å². The maximum atomic E-state index is 13.9. The van der Waals surface area contributed by atoms with E-state index in [1.165, 1.54) is 79.7 Å². The van der Waals surface area contributed by atoms with Crippen LogP contribution in [0.25, 0.3) is 0 Å². The maximum Gasteiger partial charge on any atom is 0.269 e. The molecule has 1 N–H and O–H groups in total. The molecule has 47 heavy (non-hydrogen) atoms. The predicted octanol–water partition coefficient (Wildman–Crippen LogP) is 6.82. The third-order valence-electron chi connectivity index (χ3n) is 6.97. The van der Waals surface area contributed by atoms with Crippen molar-refractivity contribution in [1.82, 2.24) is 4.90 Å². The molecule has 1 fully saturated rings. The van der Waals surface area contributed by atoms with Gasteiger partial charge >= 0.3 is 0 Å². The number of ether oxygens (including phenoxy) is 2. The second-order valence-electron chi connectivity index (χ2n) is 11.6. The van der Waals surface area contributed by atoms with Crippen molar-refractivity contribution in [3.05, 3.63) is 111 Å². The van der Waals surface area contributed by atoms with Crippen molar-refractivity contribution in [1.29, 1.82) is 0 Å². The summed E-state index contributed by atoms with van der Waals surface area (Å²) in [6, 6.07) is 16.9. The zero-order valence-electron chi connectivity index (χ0n) is 25.6. The van der Waals surface area contributed by atoms with E-state index in [0.717, 1.165) is 16.7 Å². The van der Waals surface area contributed by atoms with Gasteiger partial charge < -0.3 is 14.6 Å². The van der Waals surface area contributed by atoms with Crippen LogP contribution in [0.15, 0.2) is 89.1 Å². The molecule has 0 aromatic heterocycles. The van der Waals surface area contributed by atoms with Gasteiger partial charge in [-0.1, -0.05) is 32.4 Å². The normalized spacial score (nSPS) is 17.3. The number of Topliss-reactive ketones (excluding diaryl/α,β-unsaturated/α-hetero) is 1. The van der Waals surface area contributed by atoms with Crippen molar-refractivity contribution < 1.29 is 38.3 Å². The molecule has 1 amide bonds. The highest BCUT2D eigenvalue weighted by molar-refractivity contribution is 8.14. The van der Waals surface area contributed by atoms with Crippen molar-refractivity contribution >= 4 is 63.1 Å². The molecule has 246 valence electrons. The van der Waals surface area contributed by atoms with Gasteiger partial charge in [-0.25, -0.2) is 4.39 Å². The highest BCUT2D eigenvalue weighted by atomic mass is 35.5. The molecule has 1 saturated heterocycles. The fourth-order valence-corrected chi connectivity index (χ4v) is 5.87. The highest BCUT2D eigenvalue weighted by Crippen LogP contribution is 2.39. The number of nitrogens with zero attached hydrogens (tertiary/aromatic N) is 2. The second-order valence-corrected chi connectivity index (χ2v) is 13.4. The molecule has 4 rings (SSSR count). The Hall–Kier alpha value is -4.17. The number of alkyl halides is 1. The van der Waals surface area contributed by atoms with E-state index in [0.29, 0.717) is 16.0 Å². The Morgan fingerprint density at radius 1 is 1.09 bits per heavy atom. The molecule has 3 atom stereocenters. The molecule has 0 spiro atoms. The van der Waals surface area contributed by atoms with Crippen LogP contribution in [-0.4, -0.2) is 48.4 Å². The average Bonchev–Trinajstić information content (AvgIpc) is 3.02. The molecule has 1 aliphatic heterocycles. The predicted molar refractivity (Wildman–Crippen MR) is 177 cm³/mol. The van der Waals surface area contributed by atoms with Crippen molar-refractivity contribution in [3.63, 3.8) is 0 Å². The third-order valence-corrected chi connectivity index (χ3v) is 8.68. The van der Waals surface area contributed by atoms with E-state index in [9.17, 15) is 34.0 Å². The lowest BCUT2D eigenvalue weighted by Crippen LogP contribution is -2.62. The Bertz CT molecular complexity index is 1720. The number of halogens is 2. The first kappa shape index (κ1) is 35.7. The molecule has 0 radical (unpaired) electrons. The monoisotopic (exact) mass is 700 g/mol. The van der Waals surface area contributed by atoms with Crippen LogP contribution in [-0.2, 0) is 20.9 Å². The average molecular weight is 701 g/mol. The Balaban J connectivity index is 1.69. The molecule has 0 bridgehead atoms. The van der Waals surface area contributed by atoms with Crippen LogP contribution in [0.2, 0.25) is 0 Å². The summed E-state index contributed by atoms with van der Waals surface area (Å²) in [5.74, 6) is -2.80. The first-order chi connectivity index (χ1) is 22.1. The van der Waals surface area contributed by atoms with E-state index in [2.05, 4.69) is 0 Å². The van der Waals surface area contributed by atoms with Crippen molar-refractivity contribution in [2.45, 2.75) is 50.8 Å². The Labute approximate surface area is 284 Å². The van der Waals surface area contributed by atoms with Gasteiger partial charge in [0.2, 0.25) is 21.9 Å². The van der Waals surface area contributed by atoms with Gasteiger partial charge in [-0.15, -0.1) is 0 Å². The topological polar surface area (TPSA) is 136 Å². The SMILES string of the molecule is C[C@@H](O)[C@H]1C(=O)N(C(C(=S)OCc2ccc([N+](=O)[O-])cc2)=C(Oc2ccc(C(=O)Sc3ccc(F)cc3)cc2)C(=O)C(C)(C)C)[C@H]1Cl. The summed E-state index contributed by atoms with van der Waals surface area (Å²) < 4.78 is 25.2. The number of hydrogen-bond acceptors (Lipinski definition) is 10. The van der Waals surface area contributed by atoms with Gasteiger partial charge in [-0.05, 0) is 97.1 Å². The van der Waals surface area contributed by atoms with Gasteiger partial charge in [0.15, 0.2) is 5.76 Å². The van der Waals surface area contributed by atoms with Crippen LogP contribution < -0.4 is 4.74 Å². The van der Waals surface area contributed by atoms with Crippen LogP contribution in [0.5, 0.6) is 5.75 Å². The van der Waals surface area contributed by atoms with Gasteiger partial charge in [0.25, 0.3) is 5.69 Å². The number of non-ortho nitro benzene ring substituents is 1. The summed E-state index contributed by atoms with van der Waals surface area (Å²) in [4.78, 5) is 52.1. The molecule has 3 aromatic carbocycles. The molecule has 1 heterocycles. The second kappa shape index (κ2) is 14.7. The Morgan fingerprint density at radius 2 is 1.68 bits per heavy atom. The van der Waals surface area contributed by atoms with E-state index in [1.807, 2.05) is 0 Å². The summed E-state index contributed by atoms with van der Waals surface area (Å²) in [5, 5.41) is 20.5. The number of ketones is 1. The van der Waals surface area contributed by atoms with Crippen LogP contribution in [0.3, 0.4) is 0 Å². The molecular weight excluding hydrogens is 671 g/mol. The molecule has 3 aromatic rings. The number of aliphatic hydroxyl groups is 1. The number of carbonyl (C=O) groups excluding carboxylic acids is 3. The first-order valence-corrected chi connectivity index (χ1v) is 15.8. The highest BCUT2D eigenvalue weighted by Gasteiger charge is 2.53. The fraction of sp³-hybridized carbons (Fsp3) is 0.273. The Kier molecular flexibility index (Phi) is 11.2. The van der Waals surface area contributed by atoms with Crippen LogP contribution in [0, 0.1) is 27.3 Å². The van der Waals surface area contributed by atoms with Crippen molar-refractivity contribution in [3.8, 4) is 5.75 Å². The Morgan fingerprint density at radius 3 is 2.19 bits per heavy atom. The number of hydrogen-bond donors (Lipinski definition) is 1.